The molecule has 0 fully saturated rings. The number of hydrogen-bond donors (Lipinski definition) is 2. The summed E-state index contributed by atoms with van der Waals surface area (Å²) in [4.78, 5) is 17.9. The summed E-state index contributed by atoms with van der Waals surface area (Å²) in [5.74, 6) is 1.32. The zero-order valence-electron chi connectivity index (χ0n) is 21.8. The van der Waals surface area contributed by atoms with Crippen LogP contribution in [-0.2, 0) is 11.3 Å². The van der Waals surface area contributed by atoms with Gasteiger partial charge in [-0.15, -0.1) is 10.2 Å². The van der Waals surface area contributed by atoms with Gasteiger partial charge < -0.3 is 10.6 Å². The van der Waals surface area contributed by atoms with E-state index in [1.54, 1.807) is 0 Å². The van der Waals surface area contributed by atoms with Crippen LogP contribution < -0.4 is 10.6 Å². The first-order valence-electron chi connectivity index (χ1n) is 13.0. The fourth-order valence-electron chi connectivity index (χ4n) is 4.83. The molecule has 0 aliphatic carbocycles. The Bertz CT molecular complexity index is 1490. The van der Waals surface area contributed by atoms with Crippen LogP contribution in [0.2, 0.25) is 5.02 Å². The number of nitrogens with zero attached hydrogens (tertiary/aromatic N) is 4. The smallest absolute Gasteiger partial charge is 0.222 e. The SMILES string of the molecule is CCNCc1cccc(-c2ccc3c(c2)C(c2ccc(Cl)cc2)=NC(CC(=O)NCC)c2nnc(C)n2-3)c1. The van der Waals surface area contributed by atoms with Gasteiger partial charge in [0.15, 0.2) is 5.82 Å². The highest BCUT2D eigenvalue weighted by molar-refractivity contribution is 6.30. The lowest BCUT2D eigenvalue weighted by atomic mass is 9.95. The standard InChI is InChI=1S/C30H31ClN6O/c1-4-32-18-20-7-6-8-22(15-20)23-11-14-27-25(16-23)29(21-9-12-24(31)13-10-21)34-26(17-28(38)33-5-2)30-36-35-19(3)37(27)30/h6-16,26,32H,4-5,17-18H2,1-3H3,(H,33,38). The second-order valence-electron chi connectivity index (χ2n) is 9.31. The second kappa shape index (κ2) is 11.3. The summed E-state index contributed by atoms with van der Waals surface area (Å²) in [5.41, 5.74) is 7.03. The molecule has 0 saturated carbocycles. The highest BCUT2D eigenvalue weighted by atomic mass is 35.5. The van der Waals surface area contributed by atoms with E-state index in [9.17, 15) is 4.79 Å². The van der Waals surface area contributed by atoms with E-state index in [0.717, 1.165) is 52.6 Å². The van der Waals surface area contributed by atoms with Gasteiger partial charge in [-0.25, -0.2) is 0 Å². The van der Waals surface area contributed by atoms with Crippen molar-refractivity contribution in [2.45, 2.75) is 39.8 Å². The molecular weight excluding hydrogens is 496 g/mol. The third kappa shape index (κ3) is 5.26. The number of hydrogen-bond acceptors (Lipinski definition) is 5. The number of aryl methyl sites for hydroxylation is 1. The van der Waals surface area contributed by atoms with Gasteiger partial charge in [-0.1, -0.05) is 54.9 Å². The third-order valence-electron chi connectivity index (χ3n) is 6.64. The number of halogens is 1. The van der Waals surface area contributed by atoms with Crippen LogP contribution in [0.4, 0.5) is 0 Å². The van der Waals surface area contributed by atoms with Gasteiger partial charge in [-0.05, 0) is 67.4 Å². The number of aliphatic imine (C=N–C) groups is 1. The number of fused-ring (bicyclic) bond motifs is 3. The van der Waals surface area contributed by atoms with Gasteiger partial charge in [0, 0.05) is 29.2 Å². The first-order chi connectivity index (χ1) is 18.5. The summed E-state index contributed by atoms with van der Waals surface area (Å²) in [6.07, 6.45) is 0.177. The maximum absolute atomic E-state index is 12.7. The number of carbonyl (C=O) groups is 1. The number of carbonyl (C=O) groups excluding carboxylic acids is 1. The van der Waals surface area contributed by atoms with Crippen LogP contribution in [-0.4, -0.2) is 39.5 Å². The number of amides is 1. The summed E-state index contributed by atoms with van der Waals surface area (Å²) in [7, 11) is 0. The first-order valence-corrected chi connectivity index (χ1v) is 13.3. The van der Waals surface area contributed by atoms with Crippen molar-refractivity contribution < 1.29 is 4.79 Å². The highest BCUT2D eigenvalue weighted by Crippen LogP contribution is 2.35. The number of aromatic nitrogens is 3. The zero-order chi connectivity index (χ0) is 26.6. The van der Waals surface area contributed by atoms with Gasteiger partial charge in [0.2, 0.25) is 5.91 Å². The summed E-state index contributed by atoms with van der Waals surface area (Å²) in [6.45, 7) is 8.23. The molecule has 1 aromatic heterocycles. The Kier molecular flexibility index (Phi) is 7.67. The van der Waals surface area contributed by atoms with Crippen molar-refractivity contribution in [3.05, 3.63) is 100 Å². The summed E-state index contributed by atoms with van der Waals surface area (Å²) < 4.78 is 2.02. The fourth-order valence-corrected chi connectivity index (χ4v) is 4.95. The molecular formula is C30H31ClN6O. The number of benzene rings is 3. The second-order valence-corrected chi connectivity index (χ2v) is 9.75. The van der Waals surface area contributed by atoms with Crippen LogP contribution >= 0.6 is 11.6 Å². The maximum atomic E-state index is 12.7. The molecule has 0 radical (unpaired) electrons. The Morgan fingerprint density at radius 3 is 2.47 bits per heavy atom. The average Bonchev–Trinajstić information content (AvgIpc) is 3.25. The molecule has 8 heteroatoms. The van der Waals surface area contributed by atoms with Gasteiger partial charge in [-0.3, -0.25) is 14.4 Å². The van der Waals surface area contributed by atoms with Crippen molar-refractivity contribution in [3.63, 3.8) is 0 Å². The van der Waals surface area contributed by atoms with E-state index in [4.69, 9.17) is 16.6 Å². The maximum Gasteiger partial charge on any atom is 0.222 e. The predicted molar refractivity (Wildman–Crippen MR) is 152 cm³/mol. The van der Waals surface area contributed by atoms with Gasteiger partial charge in [0.25, 0.3) is 0 Å². The van der Waals surface area contributed by atoms with Gasteiger partial charge in [0.05, 0.1) is 17.8 Å². The lowest BCUT2D eigenvalue weighted by Crippen LogP contribution is -2.25. The number of rotatable bonds is 8. The molecule has 38 heavy (non-hydrogen) atoms. The molecule has 4 aromatic rings. The Hall–Kier alpha value is -3.81. The van der Waals surface area contributed by atoms with Crippen molar-refractivity contribution in [1.82, 2.24) is 25.4 Å². The van der Waals surface area contributed by atoms with E-state index in [1.165, 1.54) is 5.56 Å². The van der Waals surface area contributed by atoms with Crippen molar-refractivity contribution in [3.8, 4) is 16.8 Å². The quantitative estimate of drug-likeness (QED) is 0.321. The molecule has 2 N–H and O–H groups in total. The summed E-state index contributed by atoms with van der Waals surface area (Å²) in [6, 6.07) is 22.1. The normalized spacial score (nSPS) is 14.3. The average molecular weight is 527 g/mol. The first kappa shape index (κ1) is 25.8. The van der Waals surface area contributed by atoms with E-state index >= 15 is 0 Å². The largest absolute Gasteiger partial charge is 0.356 e. The van der Waals surface area contributed by atoms with Crippen molar-refractivity contribution in [1.29, 1.82) is 0 Å². The molecule has 7 nitrogen and oxygen atoms in total. The molecule has 2 heterocycles. The van der Waals surface area contributed by atoms with Gasteiger partial charge >= 0.3 is 0 Å². The third-order valence-corrected chi connectivity index (χ3v) is 6.89. The van der Waals surface area contributed by atoms with Crippen LogP contribution in [0.15, 0.2) is 71.7 Å². The van der Waals surface area contributed by atoms with Crippen molar-refractivity contribution in [2.75, 3.05) is 13.1 Å². The molecule has 194 valence electrons. The Morgan fingerprint density at radius 1 is 0.947 bits per heavy atom. The van der Waals surface area contributed by atoms with E-state index in [-0.39, 0.29) is 12.3 Å². The molecule has 0 spiro atoms. The molecule has 1 aliphatic heterocycles. The molecule has 1 aliphatic rings. The minimum atomic E-state index is -0.493. The highest BCUT2D eigenvalue weighted by Gasteiger charge is 2.30. The lowest BCUT2D eigenvalue weighted by molar-refractivity contribution is -0.121. The predicted octanol–water partition coefficient (Wildman–Crippen LogP) is 5.42. The Balaban J connectivity index is 1.69. The van der Waals surface area contributed by atoms with Crippen LogP contribution in [0, 0.1) is 6.92 Å². The monoisotopic (exact) mass is 526 g/mol. The van der Waals surface area contributed by atoms with Crippen LogP contribution in [0.1, 0.15) is 54.6 Å². The minimum Gasteiger partial charge on any atom is -0.356 e. The van der Waals surface area contributed by atoms with E-state index in [0.29, 0.717) is 17.4 Å². The molecule has 3 aromatic carbocycles. The molecule has 1 atom stereocenters. The van der Waals surface area contributed by atoms with Gasteiger partial charge in [-0.2, -0.15) is 0 Å². The Morgan fingerprint density at radius 2 is 1.71 bits per heavy atom. The zero-order valence-corrected chi connectivity index (χ0v) is 22.6. The van der Waals surface area contributed by atoms with E-state index in [2.05, 4.69) is 70.2 Å². The fraction of sp³-hybridized carbons (Fsp3) is 0.267. The van der Waals surface area contributed by atoms with E-state index in [1.807, 2.05) is 42.7 Å². The number of nitrogens with one attached hydrogen (secondary N) is 2. The molecule has 1 amide bonds. The molecule has 0 saturated heterocycles. The molecule has 0 bridgehead atoms. The van der Waals surface area contributed by atoms with Crippen LogP contribution in [0.5, 0.6) is 0 Å². The Labute approximate surface area is 228 Å². The van der Waals surface area contributed by atoms with Crippen molar-refractivity contribution in [2.24, 2.45) is 4.99 Å². The minimum absolute atomic E-state index is 0.0759. The molecule has 5 rings (SSSR count). The summed E-state index contributed by atoms with van der Waals surface area (Å²) >= 11 is 6.23. The molecule has 1 unspecified atom stereocenters. The van der Waals surface area contributed by atoms with Crippen LogP contribution in [0.3, 0.4) is 0 Å². The summed E-state index contributed by atoms with van der Waals surface area (Å²) in [5, 5.41) is 15.8. The topological polar surface area (TPSA) is 84.2 Å². The van der Waals surface area contributed by atoms with Gasteiger partial charge in [0.1, 0.15) is 11.9 Å². The van der Waals surface area contributed by atoms with Crippen molar-refractivity contribution >= 4 is 23.2 Å². The lowest BCUT2D eigenvalue weighted by Gasteiger charge is -2.15. The van der Waals surface area contributed by atoms with Crippen LogP contribution in [0.25, 0.3) is 16.8 Å². The van der Waals surface area contributed by atoms with E-state index < -0.39 is 6.04 Å².